The van der Waals surface area contributed by atoms with Gasteiger partial charge >= 0.3 is 0 Å². The second-order valence-electron chi connectivity index (χ2n) is 4.23. The van der Waals surface area contributed by atoms with E-state index >= 15 is 0 Å². The fourth-order valence-electron chi connectivity index (χ4n) is 1.57. The third-order valence-corrected chi connectivity index (χ3v) is 4.07. The Morgan fingerprint density at radius 3 is 2.21 bits per heavy atom. The molecule has 1 unspecified atom stereocenters. The average Bonchev–Trinajstić information content (AvgIpc) is 2.36. The summed E-state index contributed by atoms with van der Waals surface area (Å²) in [6, 6.07) is 3.26. The molecule has 1 rings (SSSR count). The van der Waals surface area contributed by atoms with Crippen molar-refractivity contribution in [2.24, 2.45) is 0 Å². The number of anilines is 1. The Morgan fingerprint density at radius 2 is 1.79 bits per heavy atom. The molecule has 0 aliphatic rings. The van der Waals surface area contributed by atoms with Crippen molar-refractivity contribution in [2.75, 3.05) is 19.5 Å². The summed E-state index contributed by atoms with van der Waals surface area (Å²) in [6.07, 6.45) is 0. The van der Waals surface area contributed by atoms with E-state index in [4.69, 9.17) is 9.47 Å². The van der Waals surface area contributed by atoms with Crippen molar-refractivity contribution < 1.29 is 18.8 Å². The summed E-state index contributed by atoms with van der Waals surface area (Å²) < 4.78 is 22.7. The largest absolute Gasteiger partial charge is 0.611 e. The van der Waals surface area contributed by atoms with Gasteiger partial charge in [0.2, 0.25) is 5.91 Å². The van der Waals surface area contributed by atoms with Gasteiger partial charge in [-0.25, -0.2) is 0 Å². The van der Waals surface area contributed by atoms with Gasteiger partial charge in [0.05, 0.1) is 14.2 Å². The molecular weight excluding hydrogens is 266 g/mol. The van der Waals surface area contributed by atoms with Gasteiger partial charge in [0.15, 0.2) is 16.4 Å². The monoisotopic (exact) mass is 285 g/mol. The lowest BCUT2D eigenvalue weighted by Gasteiger charge is -2.19. The van der Waals surface area contributed by atoms with Gasteiger partial charge in [0, 0.05) is 19.1 Å². The molecule has 0 aromatic heterocycles. The maximum absolute atomic E-state index is 12.3. The molecule has 0 aliphatic heterocycles. The molecule has 6 heteroatoms. The molecule has 0 saturated carbocycles. The minimum absolute atomic E-state index is 0.0643. The van der Waals surface area contributed by atoms with Crippen molar-refractivity contribution in [3.8, 4) is 11.5 Å². The summed E-state index contributed by atoms with van der Waals surface area (Å²) in [5, 5.41) is 2.60. The number of ether oxygens (including phenoxy) is 2. The Hall–Kier alpha value is -1.40. The lowest BCUT2D eigenvalue weighted by atomic mass is 10.2. The number of benzene rings is 1. The summed E-state index contributed by atoms with van der Waals surface area (Å²) in [5.74, 6) is 0.741. The summed E-state index contributed by atoms with van der Waals surface area (Å²) in [5.41, 5.74) is 0.484. The van der Waals surface area contributed by atoms with Crippen molar-refractivity contribution in [2.45, 2.75) is 30.9 Å². The van der Waals surface area contributed by atoms with Crippen molar-refractivity contribution in [1.82, 2.24) is 0 Å². The second kappa shape index (κ2) is 6.68. The average molecular weight is 285 g/mol. The van der Waals surface area contributed by atoms with Crippen LogP contribution in [0.3, 0.4) is 0 Å². The summed E-state index contributed by atoms with van der Waals surface area (Å²) in [4.78, 5) is 11.8. The van der Waals surface area contributed by atoms with E-state index in [-0.39, 0.29) is 11.2 Å². The van der Waals surface area contributed by atoms with Gasteiger partial charge in [0.25, 0.3) is 0 Å². The van der Waals surface area contributed by atoms with Gasteiger partial charge in [-0.3, -0.25) is 4.79 Å². The second-order valence-corrected chi connectivity index (χ2v) is 6.21. The van der Waals surface area contributed by atoms with Crippen LogP contribution in [0.4, 0.5) is 5.69 Å². The van der Waals surface area contributed by atoms with Crippen LogP contribution in [-0.4, -0.2) is 29.9 Å². The van der Waals surface area contributed by atoms with Gasteiger partial charge in [-0.05, 0) is 25.0 Å². The molecule has 1 atom stereocenters. The Morgan fingerprint density at radius 1 is 1.26 bits per heavy atom. The molecule has 0 heterocycles. The predicted molar refractivity (Wildman–Crippen MR) is 75.4 cm³/mol. The molecule has 1 amide bonds. The predicted octanol–water partition coefficient (Wildman–Crippen LogP) is 2.18. The van der Waals surface area contributed by atoms with Gasteiger partial charge in [-0.15, -0.1) is 0 Å². The number of nitrogens with one attached hydrogen (secondary N) is 1. The van der Waals surface area contributed by atoms with Crippen molar-refractivity contribution in [3.05, 3.63) is 12.1 Å². The highest BCUT2D eigenvalue weighted by Gasteiger charge is 2.24. The third kappa shape index (κ3) is 3.78. The third-order valence-electron chi connectivity index (χ3n) is 2.44. The number of carbonyl (C=O) groups is 1. The van der Waals surface area contributed by atoms with E-state index in [2.05, 4.69) is 5.32 Å². The van der Waals surface area contributed by atoms with Crippen molar-refractivity contribution >= 4 is 22.8 Å². The van der Waals surface area contributed by atoms with Gasteiger partial charge < -0.3 is 19.3 Å². The van der Waals surface area contributed by atoms with Gasteiger partial charge in [-0.2, -0.15) is 0 Å². The summed E-state index contributed by atoms with van der Waals surface area (Å²) in [7, 11) is 3.02. The van der Waals surface area contributed by atoms with Gasteiger partial charge in [0.1, 0.15) is 10.9 Å². The normalized spacial score (nSPS) is 12.2. The molecule has 1 aromatic rings. The number of methoxy groups -OCH3 is 2. The van der Waals surface area contributed by atoms with Crippen LogP contribution in [0.15, 0.2) is 17.0 Å². The molecule has 5 nitrogen and oxygen atoms in total. The topological polar surface area (TPSA) is 70.6 Å². The highest BCUT2D eigenvalue weighted by molar-refractivity contribution is 7.92. The smallest absolute Gasteiger partial charge is 0.221 e. The van der Waals surface area contributed by atoms with Gasteiger partial charge in [-0.1, -0.05) is 0 Å². The standard InChI is InChI=1S/C13H19NO4S/c1-8(2)19(16)13-7-12(18-5)11(17-4)6-10(13)14-9(3)15/h6-8H,1-5H3,(H,14,15). The quantitative estimate of drug-likeness (QED) is 0.842. The lowest BCUT2D eigenvalue weighted by Crippen LogP contribution is -2.18. The zero-order valence-corrected chi connectivity index (χ0v) is 12.6. The molecule has 106 valence electrons. The minimum atomic E-state index is -1.24. The van der Waals surface area contributed by atoms with Crippen LogP contribution in [0.2, 0.25) is 0 Å². The molecule has 19 heavy (non-hydrogen) atoms. The fourth-order valence-corrected chi connectivity index (χ4v) is 2.63. The summed E-state index contributed by atoms with van der Waals surface area (Å²) >= 11 is -1.24. The van der Waals surface area contributed by atoms with Crippen LogP contribution >= 0.6 is 0 Å². The molecule has 0 saturated heterocycles. The molecular formula is C13H19NO4S. The van der Waals surface area contributed by atoms with E-state index in [1.165, 1.54) is 21.1 Å². The fraction of sp³-hybridized carbons (Fsp3) is 0.462. The Kier molecular flexibility index (Phi) is 5.50. The number of hydrogen-bond donors (Lipinski definition) is 1. The van der Waals surface area contributed by atoms with E-state index in [1.54, 1.807) is 12.1 Å². The lowest BCUT2D eigenvalue weighted by molar-refractivity contribution is -0.114. The molecule has 0 bridgehead atoms. The van der Waals surface area contributed by atoms with Crippen molar-refractivity contribution in [1.29, 1.82) is 0 Å². The van der Waals surface area contributed by atoms with Crippen LogP contribution in [0, 0.1) is 0 Å². The van der Waals surface area contributed by atoms with Crippen LogP contribution in [0.5, 0.6) is 11.5 Å². The van der Waals surface area contributed by atoms with Crippen LogP contribution in [-0.2, 0) is 16.0 Å². The minimum Gasteiger partial charge on any atom is -0.611 e. The van der Waals surface area contributed by atoms with E-state index in [0.29, 0.717) is 22.1 Å². The zero-order valence-electron chi connectivity index (χ0n) is 11.8. The van der Waals surface area contributed by atoms with Crippen LogP contribution in [0.25, 0.3) is 0 Å². The van der Waals surface area contributed by atoms with Crippen LogP contribution < -0.4 is 14.8 Å². The molecule has 0 fully saturated rings. The van der Waals surface area contributed by atoms with Crippen LogP contribution in [0.1, 0.15) is 20.8 Å². The highest BCUT2D eigenvalue weighted by Crippen LogP contribution is 2.37. The Bertz CT molecular complexity index is 462. The first kappa shape index (κ1) is 15.7. The molecule has 1 N–H and O–H groups in total. The number of rotatable bonds is 5. The SMILES string of the molecule is COc1cc(NC(C)=O)c([S+]([O-])C(C)C)cc1OC. The number of amides is 1. The maximum atomic E-state index is 12.3. The molecule has 0 spiro atoms. The Balaban J connectivity index is 3.34. The first-order chi connectivity index (χ1) is 8.90. The first-order valence-electron chi connectivity index (χ1n) is 5.84. The van der Waals surface area contributed by atoms with E-state index < -0.39 is 11.2 Å². The molecule has 0 radical (unpaired) electrons. The zero-order chi connectivity index (χ0) is 14.6. The molecule has 0 aliphatic carbocycles. The van der Waals surface area contributed by atoms with E-state index in [9.17, 15) is 9.35 Å². The highest BCUT2D eigenvalue weighted by atomic mass is 32.2. The van der Waals surface area contributed by atoms with E-state index in [1.807, 2.05) is 13.8 Å². The first-order valence-corrected chi connectivity index (χ1v) is 7.06. The summed E-state index contributed by atoms with van der Waals surface area (Å²) in [6.45, 7) is 5.10. The van der Waals surface area contributed by atoms with E-state index in [0.717, 1.165) is 0 Å². The van der Waals surface area contributed by atoms with Crippen molar-refractivity contribution in [3.63, 3.8) is 0 Å². The number of hydrogen-bond acceptors (Lipinski definition) is 4. The number of carbonyl (C=O) groups excluding carboxylic acids is 1. The maximum Gasteiger partial charge on any atom is 0.221 e. The molecule has 1 aromatic carbocycles. The Labute approximate surface area is 116 Å².